The molecular formula is C12H20N6O. The van der Waals surface area contributed by atoms with Crippen molar-refractivity contribution in [2.45, 2.75) is 13.8 Å². The van der Waals surface area contributed by atoms with E-state index in [-0.39, 0.29) is 5.84 Å². The Hall–Kier alpha value is -1.89. The van der Waals surface area contributed by atoms with Crippen molar-refractivity contribution in [2.75, 3.05) is 38.1 Å². The number of nitrogens with two attached hydrogens (primary N) is 1. The van der Waals surface area contributed by atoms with Crippen molar-refractivity contribution in [3.05, 3.63) is 16.8 Å². The van der Waals surface area contributed by atoms with E-state index in [1.807, 2.05) is 13.8 Å². The van der Waals surface area contributed by atoms with Crippen LogP contribution in [-0.2, 0) is 0 Å². The maximum absolute atomic E-state index is 8.96. The van der Waals surface area contributed by atoms with Gasteiger partial charge in [-0.2, -0.15) is 5.10 Å². The molecule has 0 radical (unpaired) electrons. The molecule has 2 rings (SSSR count). The van der Waals surface area contributed by atoms with Crippen LogP contribution in [0.1, 0.15) is 16.8 Å². The average molecular weight is 264 g/mol. The number of likely N-dealkylation sites (N-methyl/N-ethyl adjacent to an activating group) is 1. The molecule has 1 aliphatic rings. The van der Waals surface area contributed by atoms with Crippen LogP contribution in [0, 0.1) is 13.8 Å². The van der Waals surface area contributed by atoms with Gasteiger partial charge in [-0.3, -0.25) is 0 Å². The molecule has 1 aliphatic heterocycles. The van der Waals surface area contributed by atoms with Gasteiger partial charge in [-0.25, -0.2) is 0 Å². The third-order valence-corrected chi connectivity index (χ3v) is 3.60. The molecule has 0 atom stereocenters. The Morgan fingerprint density at radius 1 is 1.21 bits per heavy atom. The molecule has 3 N–H and O–H groups in total. The molecule has 0 saturated carbocycles. The van der Waals surface area contributed by atoms with Crippen LogP contribution in [0.5, 0.6) is 0 Å². The van der Waals surface area contributed by atoms with E-state index in [0.29, 0.717) is 11.4 Å². The molecular weight excluding hydrogens is 244 g/mol. The molecule has 1 aromatic rings. The summed E-state index contributed by atoms with van der Waals surface area (Å²) in [5, 5.41) is 20.5. The van der Waals surface area contributed by atoms with Crippen LogP contribution < -0.4 is 10.6 Å². The van der Waals surface area contributed by atoms with Gasteiger partial charge >= 0.3 is 0 Å². The standard InChI is InChI=1S/C12H20N6O/c1-8-9(2)14-15-12(10(8)11(13)16-19)18-6-4-17(3)5-7-18/h19H,4-7H2,1-3H3,(H2,13,16). The van der Waals surface area contributed by atoms with Crippen molar-refractivity contribution >= 4 is 11.7 Å². The highest BCUT2D eigenvalue weighted by atomic mass is 16.4. The lowest BCUT2D eigenvalue weighted by molar-refractivity contribution is 0.311. The van der Waals surface area contributed by atoms with Crippen LogP contribution in [-0.4, -0.2) is 59.4 Å². The molecule has 0 spiro atoms. The molecule has 0 aromatic carbocycles. The Kier molecular flexibility index (Phi) is 3.84. The SMILES string of the molecule is Cc1nnc(N2CCN(C)CC2)c(/C(N)=N/O)c1C. The highest BCUT2D eigenvalue weighted by Gasteiger charge is 2.22. The smallest absolute Gasteiger partial charge is 0.174 e. The minimum absolute atomic E-state index is 0.0874. The molecule has 104 valence electrons. The minimum Gasteiger partial charge on any atom is -0.409 e. The van der Waals surface area contributed by atoms with Crippen LogP contribution in [0.2, 0.25) is 0 Å². The Morgan fingerprint density at radius 3 is 2.42 bits per heavy atom. The normalized spacial score (nSPS) is 17.8. The van der Waals surface area contributed by atoms with Gasteiger partial charge in [0.05, 0.1) is 11.3 Å². The number of aryl methyl sites for hydroxylation is 1. The topological polar surface area (TPSA) is 90.9 Å². The van der Waals surface area contributed by atoms with Crippen LogP contribution in [0.15, 0.2) is 5.16 Å². The number of rotatable bonds is 2. The monoisotopic (exact) mass is 264 g/mol. The fourth-order valence-electron chi connectivity index (χ4n) is 2.19. The molecule has 1 aromatic heterocycles. The van der Waals surface area contributed by atoms with Gasteiger partial charge in [0, 0.05) is 26.2 Å². The zero-order valence-corrected chi connectivity index (χ0v) is 11.6. The van der Waals surface area contributed by atoms with Crippen molar-refractivity contribution in [1.82, 2.24) is 15.1 Å². The third kappa shape index (κ3) is 2.60. The van der Waals surface area contributed by atoms with Gasteiger partial charge in [0.25, 0.3) is 0 Å². The second-order valence-electron chi connectivity index (χ2n) is 4.88. The van der Waals surface area contributed by atoms with E-state index in [4.69, 9.17) is 10.9 Å². The maximum Gasteiger partial charge on any atom is 0.174 e. The maximum atomic E-state index is 8.96. The van der Waals surface area contributed by atoms with Gasteiger partial charge in [-0.15, -0.1) is 5.10 Å². The first kappa shape index (κ1) is 13.5. The van der Waals surface area contributed by atoms with Gasteiger partial charge in [-0.05, 0) is 26.5 Å². The number of anilines is 1. The zero-order chi connectivity index (χ0) is 14.0. The number of piperazine rings is 1. The Labute approximate surface area is 112 Å². The fourth-order valence-corrected chi connectivity index (χ4v) is 2.19. The summed E-state index contributed by atoms with van der Waals surface area (Å²) in [4.78, 5) is 4.39. The van der Waals surface area contributed by atoms with Gasteiger partial charge < -0.3 is 20.7 Å². The first-order chi connectivity index (χ1) is 9.04. The van der Waals surface area contributed by atoms with Crippen LogP contribution in [0.3, 0.4) is 0 Å². The first-order valence-corrected chi connectivity index (χ1v) is 6.30. The van der Waals surface area contributed by atoms with Crippen LogP contribution in [0.25, 0.3) is 0 Å². The molecule has 0 unspecified atom stereocenters. The second-order valence-corrected chi connectivity index (χ2v) is 4.88. The summed E-state index contributed by atoms with van der Waals surface area (Å²) in [6.45, 7) is 7.43. The molecule has 0 bridgehead atoms. The highest BCUT2D eigenvalue weighted by Crippen LogP contribution is 2.22. The van der Waals surface area contributed by atoms with Crippen molar-refractivity contribution in [3.63, 3.8) is 0 Å². The van der Waals surface area contributed by atoms with E-state index in [9.17, 15) is 0 Å². The molecule has 7 heteroatoms. The quantitative estimate of drug-likeness (QED) is 0.336. The lowest BCUT2D eigenvalue weighted by Gasteiger charge is -2.34. The van der Waals surface area contributed by atoms with Gasteiger partial charge in [-0.1, -0.05) is 5.16 Å². The lowest BCUT2D eigenvalue weighted by Crippen LogP contribution is -2.45. The second kappa shape index (κ2) is 5.40. The van der Waals surface area contributed by atoms with E-state index in [1.54, 1.807) is 0 Å². The van der Waals surface area contributed by atoms with E-state index in [1.165, 1.54) is 0 Å². The van der Waals surface area contributed by atoms with E-state index >= 15 is 0 Å². The summed E-state index contributed by atoms with van der Waals surface area (Å²) in [5.41, 5.74) is 8.17. The lowest BCUT2D eigenvalue weighted by atomic mass is 10.1. The van der Waals surface area contributed by atoms with E-state index in [2.05, 4.69) is 32.2 Å². The molecule has 0 amide bonds. The minimum atomic E-state index is 0.0874. The fraction of sp³-hybridized carbons (Fsp3) is 0.583. The van der Waals surface area contributed by atoms with Gasteiger partial charge in [0.2, 0.25) is 0 Å². The van der Waals surface area contributed by atoms with E-state index < -0.39 is 0 Å². The summed E-state index contributed by atoms with van der Waals surface area (Å²) in [5.74, 6) is 0.788. The number of nitrogens with zero attached hydrogens (tertiary/aromatic N) is 5. The first-order valence-electron chi connectivity index (χ1n) is 6.30. The van der Waals surface area contributed by atoms with Gasteiger partial charge in [0.1, 0.15) is 0 Å². The number of hydrogen-bond donors (Lipinski definition) is 2. The molecule has 0 aliphatic carbocycles. The third-order valence-electron chi connectivity index (χ3n) is 3.60. The molecule has 2 heterocycles. The average Bonchev–Trinajstić information content (AvgIpc) is 2.42. The molecule has 19 heavy (non-hydrogen) atoms. The van der Waals surface area contributed by atoms with Crippen LogP contribution in [0.4, 0.5) is 5.82 Å². The molecule has 7 nitrogen and oxygen atoms in total. The molecule has 1 fully saturated rings. The van der Waals surface area contributed by atoms with E-state index in [0.717, 1.165) is 37.4 Å². The predicted octanol–water partition coefficient (Wildman–Crippen LogP) is -0.0603. The summed E-state index contributed by atoms with van der Waals surface area (Å²) in [6.07, 6.45) is 0. The Bertz CT molecular complexity index is 493. The number of amidine groups is 1. The summed E-state index contributed by atoms with van der Waals surface area (Å²) >= 11 is 0. The van der Waals surface area contributed by atoms with Crippen molar-refractivity contribution in [1.29, 1.82) is 0 Å². The summed E-state index contributed by atoms with van der Waals surface area (Å²) in [7, 11) is 2.09. The van der Waals surface area contributed by atoms with Gasteiger partial charge in [0.15, 0.2) is 11.7 Å². The predicted molar refractivity (Wildman–Crippen MR) is 73.7 cm³/mol. The Morgan fingerprint density at radius 2 is 1.84 bits per heavy atom. The summed E-state index contributed by atoms with van der Waals surface area (Å²) < 4.78 is 0. The summed E-state index contributed by atoms with van der Waals surface area (Å²) in [6, 6.07) is 0. The van der Waals surface area contributed by atoms with Crippen molar-refractivity contribution in [3.8, 4) is 0 Å². The van der Waals surface area contributed by atoms with Crippen molar-refractivity contribution in [2.24, 2.45) is 10.9 Å². The van der Waals surface area contributed by atoms with Crippen LogP contribution >= 0.6 is 0 Å². The van der Waals surface area contributed by atoms with Crippen molar-refractivity contribution < 1.29 is 5.21 Å². The molecule has 1 saturated heterocycles. The number of oxime groups is 1. The number of aromatic nitrogens is 2. The number of hydrogen-bond acceptors (Lipinski definition) is 6. The highest BCUT2D eigenvalue weighted by molar-refractivity contribution is 6.02. The Balaban J connectivity index is 2.42. The largest absolute Gasteiger partial charge is 0.409 e. The zero-order valence-electron chi connectivity index (χ0n) is 11.6.